The summed E-state index contributed by atoms with van der Waals surface area (Å²) in [6.45, 7) is 5.17. The fraction of sp³-hybridized carbons (Fsp3) is 0.444. The topological polar surface area (TPSA) is 50.2 Å². The van der Waals surface area contributed by atoms with Gasteiger partial charge in [0.2, 0.25) is 0 Å². The van der Waals surface area contributed by atoms with Crippen LogP contribution in [0.4, 0.5) is 4.79 Å². The molecule has 0 radical (unpaired) electrons. The summed E-state index contributed by atoms with van der Waals surface area (Å²) in [6, 6.07) is 7.56. The Morgan fingerprint density at radius 2 is 2.00 bits per heavy atom. The Balaban J connectivity index is 1.43. The average Bonchev–Trinajstić information content (AvgIpc) is 3.00. The lowest BCUT2D eigenvalue weighted by molar-refractivity contribution is 0.165. The fourth-order valence-electron chi connectivity index (χ4n) is 3.09. The predicted octanol–water partition coefficient (Wildman–Crippen LogP) is 3.47. The molecule has 1 saturated heterocycles. The predicted molar refractivity (Wildman–Crippen MR) is 94.9 cm³/mol. The normalized spacial score (nSPS) is 15.5. The highest BCUT2D eigenvalue weighted by molar-refractivity contribution is 6.30. The van der Waals surface area contributed by atoms with Crippen LogP contribution in [0.15, 0.2) is 36.7 Å². The van der Waals surface area contributed by atoms with Gasteiger partial charge in [0, 0.05) is 43.6 Å². The maximum Gasteiger partial charge on any atom is 0.317 e. The standard InChI is InChI=1S/C18H23ClN4O/c1-14-20-8-11-23(14)13-16-6-9-22(10-7-16)18(24)21-12-15-2-4-17(19)5-3-15/h2-5,8,11,16H,6-7,9-10,12-13H2,1H3,(H,21,24). The first-order chi connectivity index (χ1) is 11.6. The first-order valence-corrected chi connectivity index (χ1v) is 8.74. The second-order valence-electron chi connectivity index (χ2n) is 6.34. The number of nitrogens with zero attached hydrogens (tertiary/aromatic N) is 3. The Kier molecular flexibility index (Phi) is 5.41. The van der Waals surface area contributed by atoms with E-state index >= 15 is 0 Å². The van der Waals surface area contributed by atoms with Gasteiger partial charge in [0.1, 0.15) is 5.82 Å². The van der Waals surface area contributed by atoms with E-state index in [1.165, 1.54) is 0 Å². The minimum atomic E-state index is 0.0159. The van der Waals surface area contributed by atoms with Crippen LogP contribution < -0.4 is 5.32 Å². The van der Waals surface area contributed by atoms with Crippen LogP contribution in [-0.4, -0.2) is 33.6 Å². The van der Waals surface area contributed by atoms with Crippen LogP contribution in [0.3, 0.4) is 0 Å². The van der Waals surface area contributed by atoms with E-state index in [2.05, 4.69) is 14.9 Å². The van der Waals surface area contributed by atoms with E-state index in [1.807, 2.05) is 48.5 Å². The third kappa shape index (κ3) is 4.29. The van der Waals surface area contributed by atoms with Gasteiger partial charge in [-0.2, -0.15) is 0 Å². The van der Waals surface area contributed by atoms with Crippen LogP contribution in [0.2, 0.25) is 5.02 Å². The van der Waals surface area contributed by atoms with Crippen molar-refractivity contribution >= 4 is 17.6 Å². The van der Waals surface area contributed by atoms with Gasteiger partial charge in [0.15, 0.2) is 0 Å². The minimum absolute atomic E-state index is 0.0159. The first-order valence-electron chi connectivity index (χ1n) is 8.37. The second kappa shape index (κ2) is 7.71. The van der Waals surface area contributed by atoms with E-state index in [-0.39, 0.29) is 6.03 Å². The summed E-state index contributed by atoms with van der Waals surface area (Å²) in [6.07, 6.45) is 5.94. The number of hydrogen-bond acceptors (Lipinski definition) is 2. The van der Waals surface area contributed by atoms with Crippen molar-refractivity contribution in [3.63, 3.8) is 0 Å². The molecule has 128 valence electrons. The molecule has 24 heavy (non-hydrogen) atoms. The molecule has 1 aromatic carbocycles. The summed E-state index contributed by atoms with van der Waals surface area (Å²) >= 11 is 5.87. The lowest BCUT2D eigenvalue weighted by Gasteiger charge is -2.32. The van der Waals surface area contributed by atoms with Crippen LogP contribution in [0.5, 0.6) is 0 Å². The van der Waals surface area contributed by atoms with Crippen molar-refractivity contribution in [2.75, 3.05) is 13.1 Å². The SMILES string of the molecule is Cc1nccn1CC1CCN(C(=O)NCc2ccc(Cl)cc2)CC1. The highest BCUT2D eigenvalue weighted by Gasteiger charge is 2.23. The Morgan fingerprint density at radius 3 is 2.62 bits per heavy atom. The molecule has 2 aromatic rings. The Bertz CT molecular complexity index is 675. The molecular weight excluding hydrogens is 324 g/mol. The summed E-state index contributed by atoms with van der Waals surface area (Å²) in [7, 11) is 0. The fourth-order valence-corrected chi connectivity index (χ4v) is 3.21. The van der Waals surface area contributed by atoms with Gasteiger partial charge in [-0.3, -0.25) is 0 Å². The van der Waals surface area contributed by atoms with Gasteiger partial charge < -0.3 is 14.8 Å². The monoisotopic (exact) mass is 346 g/mol. The number of carbonyl (C=O) groups is 1. The molecule has 2 heterocycles. The Hall–Kier alpha value is -2.01. The number of aromatic nitrogens is 2. The number of nitrogens with one attached hydrogen (secondary N) is 1. The molecular formula is C18H23ClN4O. The lowest BCUT2D eigenvalue weighted by atomic mass is 9.97. The van der Waals surface area contributed by atoms with Crippen LogP contribution in [-0.2, 0) is 13.1 Å². The molecule has 0 unspecified atom stereocenters. The van der Waals surface area contributed by atoms with Gasteiger partial charge in [0.05, 0.1) is 0 Å². The van der Waals surface area contributed by atoms with Crippen LogP contribution >= 0.6 is 11.6 Å². The van der Waals surface area contributed by atoms with Crippen LogP contribution in [0.25, 0.3) is 0 Å². The number of amides is 2. The quantitative estimate of drug-likeness (QED) is 0.921. The van der Waals surface area contributed by atoms with E-state index in [4.69, 9.17) is 11.6 Å². The van der Waals surface area contributed by atoms with Gasteiger partial charge >= 0.3 is 6.03 Å². The largest absolute Gasteiger partial charge is 0.335 e. The van der Waals surface area contributed by atoms with Gasteiger partial charge in [-0.05, 0) is 43.4 Å². The molecule has 2 amide bonds. The van der Waals surface area contributed by atoms with E-state index in [0.29, 0.717) is 17.5 Å². The van der Waals surface area contributed by atoms with Crippen molar-refractivity contribution < 1.29 is 4.79 Å². The molecule has 0 aliphatic carbocycles. The number of urea groups is 1. The molecule has 1 fully saturated rings. The maximum absolute atomic E-state index is 12.3. The molecule has 1 aromatic heterocycles. The van der Waals surface area contributed by atoms with Crippen molar-refractivity contribution in [3.05, 3.63) is 53.1 Å². The zero-order chi connectivity index (χ0) is 16.9. The molecule has 0 bridgehead atoms. The number of carbonyl (C=O) groups excluding carboxylic acids is 1. The van der Waals surface area contributed by atoms with E-state index in [1.54, 1.807) is 0 Å². The number of rotatable bonds is 4. The summed E-state index contributed by atoms with van der Waals surface area (Å²) in [5.41, 5.74) is 1.05. The van der Waals surface area contributed by atoms with E-state index < -0.39 is 0 Å². The first kappa shape index (κ1) is 16.8. The average molecular weight is 347 g/mol. The molecule has 6 heteroatoms. The highest BCUT2D eigenvalue weighted by atomic mass is 35.5. The molecule has 1 aliphatic heterocycles. The number of hydrogen-bond donors (Lipinski definition) is 1. The molecule has 5 nitrogen and oxygen atoms in total. The minimum Gasteiger partial charge on any atom is -0.335 e. The van der Waals surface area contributed by atoms with Crippen molar-refractivity contribution in [2.45, 2.75) is 32.9 Å². The van der Waals surface area contributed by atoms with Crippen molar-refractivity contribution in [1.82, 2.24) is 19.8 Å². The van der Waals surface area contributed by atoms with Crippen LogP contribution in [0.1, 0.15) is 24.2 Å². The summed E-state index contributed by atoms with van der Waals surface area (Å²) in [4.78, 5) is 18.5. The highest BCUT2D eigenvalue weighted by Crippen LogP contribution is 2.20. The number of benzene rings is 1. The zero-order valence-corrected chi connectivity index (χ0v) is 14.7. The van der Waals surface area contributed by atoms with E-state index in [0.717, 1.165) is 43.9 Å². The van der Waals surface area contributed by atoms with Crippen molar-refractivity contribution in [2.24, 2.45) is 5.92 Å². The summed E-state index contributed by atoms with van der Waals surface area (Å²) in [5.74, 6) is 1.66. The van der Waals surface area contributed by atoms with Gasteiger partial charge in [-0.25, -0.2) is 9.78 Å². The maximum atomic E-state index is 12.3. The summed E-state index contributed by atoms with van der Waals surface area (Å²) < 4.78 is 2.20. The molecule has 1 aliphatic rings. The van der Waals surface area contributed by atoms with Gasteiger partial charge in [-0.15, -0.1) is 0 Å². The van der Waals surface area contributed by atoms with Gasteiger partial charge in [-0.1, -0.05) is 23.7 Å². The molecule has 0 atom stereocenters. The summed E-state index contributed by atoms with van der Waals surface area (Å²) in [5, 5.41) is 3.69. The Labute approximate surface area is 147 Å². The van der Waals surface area contributed by atoms with Gasteiger partial charge in [0.25, 0.3) is 0 Å². The van der Waals surface area contributed by atoms with E-state index in [9.17, 15) is 4.79 Å². The number of imidazole rings is 1. The number of piperidine rings is 1. The molecule has 1 N–H and O–H groups in total. The smallest absolute Gasteiger partial charge is 0.317 e. The number of halogens is 1. The van der Waals surface area contributed by atoms with Crippen molar-refractivity contribution in [3.8, 4) is 0 Å². The molecule has 0 spiro atoms. The number of aryl methyl sites for hydroxylation is 1. The Morgan fingerprint density at radius 1 is 1.29 bits per heavy atom. The molecule has 3 rings (SSSR count). The zero-order valence-electron chi connectivity index (χ0n) is 13.9. The third-order valence-electron chi connectivity index (χ3n) is 4.64. The van der Waals surface area contributed by atoms with Crippen LogP contribution in [0, 0.1) is 12.8 Å². The van der Waals surface area contributed by atoms with Crippen molar-refractivity contribution in [1.29, 1.82) is 0 Å². The number of likely N-dealkylation sites (tertiary alicyclic amines) is 1. The lowest BCUT2D eigenvalue weighted by Crippen LogP contribution is -2.44. The third-order valence-corrected chi connectivity index (χ3v) is 4.89. The second-order valence-corrected chi connectivity index (χ2v) is 6.78. The molecule has 0 saturated carbocycles.